The number of carboxylic acid groups (broad SMARTS) is 1. The van der Waals surface area contributed by atoms with E-state index in [1.165, 1.54) is 16.8 Å². The van der Waals surface area contributed by atoms with E-state index in [0.717, 1.165) is 35.3 Å². The number of imidazole rings is 1. The Labute approximate surface area is 164 Å². The molecule has 2 aromatic carbocycles. The molecule has 140 valence electrons. The van der Waals surface area contributed by atoms with Crippen molar-refractivity contribution in [1.29, 1.82) is 0 Å². The predicted molar refractivity (Wildman–Crippen MR) is 111 cm³/mol. The summed E-state index contributed by atoms with van der Waals surface area (Å²) in [5, 5.41) is 9.41. The average molecular weight is 370 g/mol. The fourth-order valence-corrected chi connectivity index (χ4v) is 3.55. The smallest absolute Gasteiger partial charge is 0.336 e. The zero-order valence-corrected chi connectivity index (χ0v) is 16.0. The van der Waals surface area contributed by atoms with Crippen LogP contribution in [0.2, 0.25) is 0 Å². The fourth-order valence-electron chi connectivity index (χ4n) is 3.55. The van der Waals surface area contributed by atoms with Gasteiger partial charge in [0.15, 0.2) is 0 Å². The van der Waals surface area contributed by atoms with Gasteiger partial charge in [-0.15, -0.1) is 0 Å². The van der Waals surface area contributed by atoms with E-state index in [0.29, 0.717) is 5.56 Å². The molecule has 0 spiro atoms. The summed E-state index contributed by atoms with van der Waals surface area (Å²) in [7, 11) is 0. The molecule has 0 amide bonds. The number of aryl methyl sites for hydroxylation is 2. The second-order valence-corrected chi connectivity index (χ2v) is 7.01. The van der Waals surface area contributed by atoms with E-state index in [1.807, 2.05) is 24.3 Å². The highest BCUT2D eigenvalue weighted by atomic mass is 16.4. The quantitative estimate of drug-likeness (QED) is 0.528. The van der Waals surface area contributed by atoms with Gasteiger partial charge in [0.1, 0.15) is 5.65 Å². The molecule has 2 heterocycles. The van der Waals surface area contributed by atoms with Crippen LogP contribution in [0.5, 0.6) is 0 Å². The van der Waals surface area contributed by atoms with Crippen molar-refractivity contribution in [3.8, 4) is 11.1 Å². The van der Waals surface area contributed by atoms with Gasteiger partial charge in [-0.1, -0.05) is 55.5 Å². The summed E-state index contributed by atoms with van der Waals surface area (Å²) in [6.45, 7) is 4.20. The first-order chi connectivity index (χ1) is 13.6. The molecule has 4 nitrogen and oxygen atoms in total. The molecule has 0 aliphatic rings. The van der Waals surface area contributed by atoms with Crippen LogP contribution in [0.15, 0.2) is 66.9 Å². The molecule has 28 heavy (non-hydrogen) atoms. The van der Waals surface area contributed by atoms with Crippen molar-refractivity contribution in [2.45, 2.75) is 26.7 Å². The number of hydrogen-bond acceptors (Lipinski definition) is 2. The SMILES string of the molecule is CCc1cn2c(Cc3ccc(-c4ccccc4C(=O)O)cc3)ccc(C)c2n1. The molecular formula is C24H22N2O2. The molecule has 0 saturated carbocycles. The predicted octanol–water partition coefficient (Wildman–Crippen LogP) is 5.16. The number of pyridine rings is 1. The summed E-state index contributed by atoms with van der Waals surface area (Å²) in [4.78, 5) is 16.2. The van der Waals surface area contributed by atoms with Gasteiger partial charge in [-0.05, 0) is 47.7 Å². The van der Waals surface area contributed by atoms with Crippen LogP contribution < -0.4 is 0 Å². The second-order valence-electron chi connectivity index (χ2n) is 7.01. The third-order valence-electron chi connectivity index (χ3n) is 5.11. The number of aromatic carboxylic acids is 1. The first-order valence-electron chi connectivity index (χ1n) is 9.45. The number of carbonyl (C=O) groups is 1. The van der Waals surface area contributed by atoms with E-state index < -0.39 is 5.97 Å². The molecule has 0 bridgehead atoms. The highest BCUT2D eigenvalue weighted by Crippen LogP contribution is 2.25. The lowest BCUT2D eigenvalue weighted by Crippen LogP contribution is -2.00. The van der Waals surface area contributed by atoms with Gasteiger partial charge in [-0.3, -0.25) is 0 Å². The molecule has 0 aliphatic carbocycles. The molecule has 0 radical (unpaired) electrons. The van der Waals surface area contributed by atoms with Crippen molar-refractivity contribution in [2.24, 2.45) is 0 Å². The van der Waals surface area contributed by atoms with Crippen LogP contribution in [0.1, 0.15) is 39.8 Å². The Balaban J connectivity index is 1.66. The number of fused-ring (bicyclic) bond motifs is 1. The van der Waals surface area contributed by atoms with Gasteiger partial charge in [0.25, 0.3) is 0 Å². The molecule has 1 N–H and O–H groups in total. The van der Waals surface area contributed by atoms with Crippen LogP contribution in [-0.4, -0.2) is 20.5 Å². The lowest BCUT2D eigenvalue weighted by atomic mass is 9.98. The lowest BCUT2D eigenvalue weighted by molar-refractivity contribution is 0.0697. The molecule has 0 fully saturated rings. The van der Waals surface area contributed by atoms with E-state index in [1.54, 1.807) is 12.1 Å². The summed E-state index contributed by atoms with van der Waals surface area (Å²) in [5.74, 6) is -0.909. The number of nitrogens with zero attached hydrogens (tertiary/aromatic N) is 2. The number of carboxylic acids is 1. The van der Waals surface area contributed by atoms with Crippen molar-refractivity contribution in [3.63, 3.8) is 0 Å². The number of benzene rings is 2. The van der Waals surface area contributed by atoms with Crippen molar-refractivity contribution in [1.82, 2.24) is 9.38 Å². The molecular weight excluding hydrogens is 348 g/mol. The van der Waals surface area contributed by atoms with Crippen LogP contribution in [0.25, 0.3) is 16.8 Å². The van der Waals surface area contributed by atoms with Crippen LogP contribution in [0.3, 0.4) is 0 Å². The van der Waals surface area contributed by atoms with E-state index in [2.05, 4.69) is 48.7 Å². The molecule has 0 saturated heterocycles. The Hall–Kier alpha value is -3.40. The minimum absolute atomic E-state index is 0.320. The Bertz CT molecular complexity index is 1160. The summed E-state index contributed by atoms with van der Waals surface area (Å²) >= 11 is 0. The highest BCUT2D eigenvalue weighted by Gasteiger charge is 2.11. The zero-order valence-electron chi connectivity index (χ0n) is 16.0. The van der Waals surface area contributed by atoms with Gasteiger partial charge in [0, 0.05) is 18.3 Å². The first-order valence-corrected chi connectivity index (χ1v) is 9.45. The van der Waals surface area contributed by atoms with Crippen molar-refractivity contribution >= 4 is 11.6 Å². The van der Waals surface area contributed by atoms with Crippen LogP contribution in [-0.2, 0) is 12.8 Å². The first kappa shape index (κ1) is 18.0. The van der Waals surface area contributed by atoms with Crippen LogP contribution in [0.4, 0.5) is 0 Å². The van der Waals surface area contributed by atoms with Crippen molar-refractivity contribution in [3.05, 3.63) is 94.9 Å². The van der Waals surface area contributed by atoms with E-state index in [9.17, 15) is 9.90 Å². The minimum Gasteiger partial charge on any atom is -0.478 e. The van der Waals surface area contributed by atoms with Crippen LogP contribution in [0, 0.1) is 6.92 Å². The largest absolute Gasteiger partial charge is 0.478 e. The number of rotatable bonds is 5. The maximum Gasteiger partial charge on any atom is 0.336 e. The molecule has 2 aromatic heterocycles. The Kier molecular flexibility index (Phi) is 4.70. The van der Waals surface area contributed by atoms with Gasteiger partial charge in [-0.2, -0.15) is 0 Å². The second kappa shape index (κ2) is 7.31. The molecule has 0 aliphatic heterocycles. The van der Waals surface area contributed by atoms with Crippen molar-refractivity contribution in [2.75, 3.05) is 0 Å². The lowest BCUT2D eigenvalue weighted by Gasteiger charge is -2.10. The molecule has 0 atom stereocenters. The average Bonchev–Trinajstić information content (AvgIpc) is 3.16. The van der Waals surface area contributed by atoms with E-state index in [4.69, 9.17) is 4.98 Å². The highest BCUT2D eigenvalue weighted by molar-refractivity contribution is 5.95. The number of hydrogen-bond donors (Lipinski definition) is 1. The number of aromatic nitrogens is 2. The Morgan fingerprint density at radius 1 is 1.04 bits per heavy atom. The third-order valence-corrected chi connectivity index (χ3v) is 5.11. The van der Waals surface area contributed by atoms with E-state index in [-0.39, 0.29) is 0 Å². The molecule has 4 rings (SSSR count). The molecule has 4 heteroatoms. The topological polar surface area (TPSA) is 54.6 Å². The van der Waals surface area contributed by atoms with Gasteiger partial charge >= 0.3 is 5.97 Å². The van der Waals surface area contributed by atoms with Gasteiger partial charge in [0.2, 0.25) is 0 Å². The Morgan fingerprint density at radius 3 is 2.50 bits per heavy atom. The summed E-state index contributed by atoms with van der Waals surface area (Å²) < 4.78 is 2.18. The summed E-state index contributed by atoms with van der Waals surface area (Å²) in [5.41, 5.74) is 7.61. The normalized spacial score (nSPS) is 11.1. The molecule has 4 aromatic rings. The zero-order chi connectivity index (χ0) is 19.7. The summed E-state index contributed by atoms with van der Waals surface area (Å²) in [6, 6.07) is 19.5. The Morgan fingerprint density at radius 2 is 1.79 bits per heavy atom. The van der Waals surface area contributed by atoms with Crippen LogP contribution >= 0.6 is 0 Å². The molecule has 0 unspecified atom stereocenters. The minimum atomic E-state index is -0.909. The third kappa shape index (κ3) is 3.29. The maximum absolute atomic E-state index is 11.5. The van der Waals surface area contributed by atoms with E-state index >= 15 is 0 Å². The maximum atomic E-state index is 11.5. The monoisotopic (exact) mass is 370 g/mol. The van der Waals surface area contributed by atoms with Gasteiger partial charge < -0.3 is 9.51 Å². The summed E-state index contributed by atoms with van der Waals surface area (Å²) in [6.07, 6.45) is 3.82. The standard InChI is InChI=1S/C24H22N2O2/c1-3-19-15-26-20(13-8-16(2)23(26)25-19)14-17-9-11-18(12-10-17)21-6-4-5-7-22(21)24(27)28/h4-13,15H,3,14H2,1-2H3,(H,27,28). The van der Waals surface area contributed by atoms with Gasteiger partial charge in [-0.25, -0.2) is 9.78 Å². The van der Waals surface area contributed by atoms with Crippen molar-refractivity contribution < 1.29 is 9.90 Å². The fraction of sp³-hybridized carbons (Fsp3) is 0.167. The van der Waals surface area contributed by atoms with Gasteiger partial charge in [0.05, 0.1) is 11.3 Å².